The van der Waals surface area contributed by atoms with Crippen molar-refractivity contribution >= 4 is 8.80 Å². The highest BCUT2D eigenvalue weighted by Crippen LogP contribution is 2.14. The van der Waals surface area contributed by atoms with Gasteiger partial charge in [0.25, 0.3) is 0 Å². The Kier molecular flexibility index (Phi) is 9.01. The van der Waals surface area contributed by atoms with Crippen LogP contribution in [-0.2, 0) is 13.3 Å². The second kappa shape index (κ2) is 9.01. The van der Waals surface area contributed by atoms with Gasteiger partial charge in [0.2, 0.25) is 0 Å². The molecule has 0 bridgehead atoms. The maximum absolute atomic E-state index is 5.37. The summed E-state index contributed by atoms with van der Waals surface area (Å²) < 4.78 is 17.1. The number of hydrogen-bond donors (Lipinski definition) is 1. The van der Waals surface area contributed by atoms with E-state index in [0.717, 1.165) is 30.0 Å². The highest BCUT2D eigenvalue weighted by atomic mass is 28.4. The third kappa shape index (κ3) is 8.18. The van der Waals surface area contributed by atoms with Crippen molar-refractivity contribution in [2.75, 3.05) is 62.1 Å². The first-order chi connectivity index (χ1) is 8.39. The van der Waals surface area contributed by atoms with Crippen LogP contribution in [0.25, 0.3) is 0 Å². The molecule has 18 heavy (non-hydrogen) atoms. The molecule has 0 amide bonds. The SMILES string of the molecule is CO[Si](CCCNCCC[N+](C)(C)C)(OC)OC. The summed E-state index contributed by atoms with van der Waals surface area (Å²) in [7, 11) is 9.28. The summed E-state index contributed by atoms with van der Waals surface area (Å²) in [4.78, 5) is 0. The Balaban J connectivity index is 3.56. The molecule has 0 saturated carbocycles. The highest BCUT2D eigenvalue weighted by Gasteiger charge is 2.36. The first-order valence-electron chi connectivity index (χ1n) is 6.56. The maximum atomic E-state index is 5.37. The van der Waals surface area contributed by atoms with E-state index in [4.69, 9.17) is 13.3 Å². The molecule has 0 heterocycles. The number of rotatable bonds is 11. The minimum Gasteiger partial charge on any atom is -0.377 e. The van der Waals surface area contributed by atoms with Crippen LogP contribution in [0.15, 0.2) is 0 Å². The van der Waals surface area contributed by atoms with Gasteiger partial charge in [0.05, 0.1) is 27.7 Å². The standard InChI is InChI=1S/C12H31N2O3Si/c1-14(2,3)11-7-9-13-10-8-12-18(15-4,16-5)17-6/h13H,7-12H2,1-6H3/q+1. The molecule has 0 rings (SSSR count). The van der Waals surface area contributed by atoms with E-state index in [2.05, 4.69) is 26.5 Å². The predicted octanol–water partition coefficient (Wildman–Crippen LogP) is 0.941. The number of quaternary nitrogens is 1. The Morgan fingerprint density at radius 2 is 1.39 bits per heavy atom. The average molecular weight is 279 g/mol. The summed E-state index contributed by atoms with van der Waals surface area (Å²) in [5.41, 5.74) is 0. The van der Waals surface area contributed by atoms with Crippen molar-refractivity contribution < 1.29 is 17.8 Å². The van der Waals surface area contributed by atoms with E-state index in [1.54, 1.807) is 21.3 Å². The van der Waals surface area contributed by atoms with Gasteiger partial charge in [-0.15, -0.1) is 0 Å². The lowest BCUT2D eigenvalue weighted by molar-refractivity contribution is -0.870. The minimum absolute atomic E-state index is 0.860. The summed E-state index contributed by atoms with van der Waals surface area (Å²) in [6, 6.07) is 0.860. The van der Waals surface area contributed by atoms with Gasteiger partial charge in [-0.3, -0.25) is 0 Å². The van der Waals surface area contributed by atoms with Crippen LogP contribution in [0.3, 0.4) is 0 Å². The number of hydrogen-bond acceptors (Lipinski definition) is 4. The second-order valence-corrected chi connectivity index (χ2v) is 8.61. The van der Waals surface area contributed by atoms with Crippen LogP contribution in [0, 0.1) is 0 Å². The Bertz CT molecular complexity index is 198. The summed E-state index contributed by atoms with van der Waals surface area (Å²) >= 11 is 0. The van der Waals surface area contributed by atoms with Gasteiger partial charge in [-0.2, -0.15) is 0 Å². The molecule has 0 aliphatic rings. The van der Waals surface area contributed by atoms with Gasteiger partial charge in [-0.05, 0) is 13.0 Å². The molecule has 0 aromatic rings. The molecule has 0 aliphatic carbocycles. The molecule has 1 N–H and O–H groups in total. The fourth-order valence-electron chi connectivity index (χ4n) is 1.79. The summed E-state index contributed by atoms with van der Waals surface area (Å²) in [6.45, 7) is 3.25. The molecule has 0 atom stereocenters. The van der Waals surface area contributed by atoms with Crippen LogP contribution in [0.5, 0.6) is 0 Å². The highest BCUT2D eigenvalue weighted by molar-refractivity contribution is 6.60. The molecule has 0 aromatic heterocycles. The van der Waals surface area contributed by atoms with Crippen molar-refractivity contribution in [3.05, 3.63) is 0 Å². The molecule has 0 fully saturated rings. The third-order valence-electron chi connectivity index (χ3n) is 2.95. The maximum Gasteiger partial charge on any atom is 0.500 e. The molecule has 110 valence electrons. The zero-order valence-electron chi connectivity index (χ0n) is 12.9. The van der Waals surface area contributed by atoms with Gasteiger partial charge in [0.15, 0.2) is 0 Å². The fraction of sp³-hybridized carbons (Fsp3) is 1.00. The smallest absolute Gasteiger partial charge is 0.377 e. The number of nitrogens with one attached hydrogen (secondary N) is 1. The fourth-order valence-corrected chi connectivity index (χ4v) is 3.51. The first-order valence-corrected chi connectivity index (χ1v) is 8.49. The van der Waals surface area contributed by atoms with Gasteiger partial charge in [-0.1, -0.05) is 0 Å². The zero-order valence-corrected chi connectivity index (χ0v) is 13.9. The molecule has 5 nitrogen and oxygen atoms in total. The molecule has 6 heteroatoms. The lowest BCUT2D eigenvalue weighted by Crippen LogP contribution is -2.43. The van der Waals surface area contributed by atoms with Crippen LogP contribution >= 0.6 is 0 Å². The van der Waals surface area contributed by atoms with Gasteiger partial charge >= 0.3 is 8.80 Å². The van der Waals surface area contributed by atoms with E-state index in [0.29, 0.717) is 0 Å². The monoisotopic (exact) mass is 279 g/mol. The Hall–Kier alpha value is 0.0169. The largest absolute Gasteiger partial charge is 0.500 e. The van der Waals surface area contributed by atoms with Gasteiger partial charge < -0.3 is 23.1 Å². The molecular weight excluding hydrogens is 248 g/mol. The average Bonchev–Trinajstić information content (AvgIpc) is 2.32. The predicted molar refractivity (Wildman–Crippen MR) is 76.6 cm³/mol. The van der Waals surface area contributed by atoms with E-state index in [-0.39, 0.29) is 0 Å². The van der Waals surface area contributed by atoms with Crippen molar-refractivity contribution in [1.29, 1.82) is 0 Å². The van der Waals surface area contributed by atoms with Crippen LogP contribution in [0.4, 0.5) is 0 Å². The molecule has 0 saturated heterocycles. The van der Waals surface area contributed by atoms with Crippen molar-refractivity contribution in [2.45, 2.75) is 18.9 Å². The topological polar surface area (TPSA) is 39.7 Å². The van der Waals surface area contributed by atoms with Gasteiger partial charge in [-0.25, -0.2) is 0 Å². The van der Waals surface area contributed by atoms with Crippen LogP contribution in [0.2, 0.25) is 6.04 Å². The quantitative estimate of drug-likeness (QED) is 0.347. The van der Waals surface area contributed by atoms with Crippen LogP contribution < -0.4 is 5.32 Å². The van der Waals surface area contributed by atoms with Crippen molar-refractivity contribution in [2.24, 2.45) is 0 Å². The van der Waals surface area contributed by atoms with Crippen molar-refractivity contribution in [1.82, 2.24) is 5.32 Å². The van der Waals surface area contributed by atoms with Crippen molar-refractivity contribution in [3.8, 4) is 0 Å². The van der Waals surface area contributed by atoms with E-state index in [9.17, 15) is 0 Å². The van der Waals surface area contributed by atoms with E-state index in [1.165, 1.54) is 13.0 Å². The summed E-state index contributed by atoms with van der Waals surface area (Å²) in [6.07, 6.45) is 2.22. The van der Waals surface area contributed by atoms with Crippen LogP contribution in [-0.4, -0.2) is 75.4 Å². The van der Waals surface area contributed by atoms with E-state index >= 15 is 0 Å². The van der Waals surface area contributed by atoms with Gasteiger partial charge in [0, 0.05) is 40.3 Å². The Morgan fingerprint density at radius 3 is 1.83 bits per heavy atom. The van der Waals surface area contributed by atoms with Gasteiger partial charge in [0.1, 0.15) is 0 Å². The van der Waals surface area contributed by atoms with Crippen LogP contribution in [0.1, 0.15) is 12.8 Å². The normalized spacial score (nSPS) is 13.0. The second-order valence-electron chi connectivity index (χ2n) is 5.52. The minimum atomic E-state index is -2.36. The molecule has 0 spiro atoms. The number of nitrogens with zero attached hydrogens (tertiary/aromatic N) is 1. The molecule has 0 unspecified atom stereocenters. The Morgan fingerprint density at radius 1 is 0.889 bits per heavy atom. The summed E-state index contributed by atoms with van der Waals surface area (Å²) in [5.74, 6) is 0. The molecule has 0 radical (unpaired) electrons. The third-order valence-corrected chi connectivity index (χ3v) is 5.78. The lowest BCUT2D eigenvalue weighted by atomic mass is 10.3. The Labute approximate surface area is 113 Å². The zero-order chi connectivity index (χ0) is 14.1. The summed E-state index contributed by atoms with van der Waals surface area (Å²) in [5, 5.41) is 3.45. The van der Waals surface area contributed by atoms with Crippen molar-refractivity contribution in [3.63, 3.8) is 0 Å². The van der Waals surface area contributed by atoms with E-state index in [1.807, 2.05) is 0 Å². The first kappa shape index (κ1) is 18.0. The molecular formula is C12H31N2O3Si+. The molecule has 0 aliphatic heterocycles. The lowest BCUT2D eigenvalue weighted by Gasteiger charge is -2.24. The molecule has 0 aromatic carbocycles. The van der Waals surface area contributed by atoms with E-state index < -0.39 is 8.80 Å².